The van der Waals surface area contributed by atoms with Crippen molar-refractivity contribution in [3.05, 3.63) is 12.7 Å². The van der Waals surface area contributed by atoms with Crippen molar-refractivity contribution in [2.75, 3.05) is 12.4 Å². The molecule has 1 fully saturated rings. The molecule has 0 unspecified atom stereocenters. The molecule has 1 aliphatic rings. The van der Waals surface area contributed by atoms with Gasteiger partial charge in [-0.15, -0.1) is 0 Å². The molecule has 2 heterocycles. The van der Waals surface area contributed by atoms with Gasteiger partial charge in [0.2, 0.25) is 0 Å². The predicted octanol–water partition coefficient (Wildman–Crippen LogP) is 1.97. The molecule has 6 nitrogen and oxygen atoms in total. The molecule has 0 amide bonds. The van der Waals surface area contributed by atoms with Gasteiger partial charge in [0, 0.05) is 18.6 Å². The lowest BCUT2D eigenvalue weighted by molar-refractivity contribution is -0.166. The number of nitrogens with zero attached hydrogens (tertiary/aromatic N) is 3. The third-order valence-electron chi connectivity index (χ3n) is 4.81. The highest BCUT2D eigenvalue weighted by atomic mass is 16.5. The van der Waals surface area contributed by atoms with E-state index < -0.39 is 0 Å². The van der Waals surface area contributed by atoms with E-state index in [0.29, 0.717) is 11.7 Å². The summed E-state index contributed by atoms with van der Waals surface area (Å²) in [5.74, 6) is 0.804. The summed E-state index contributed by atoms with van der Waals surface area (Å²) < 4.78 is 5.64. The highest BCUT2D eigenvalue weighted by Crippen LogP contribution is 2.52. The van der Waals surface area contributed by atoms with E-state index in [2.05, 4.69) is 46.0 Å². The molecule has 1 aliphatic carbocycles. The maximum Gasteiger partial charge on any atom is 0.182 e. The molecule has 0 aliphatic heterocycles. The second-order valence-electron chi connectivity index (χ2n) is 5.88. The van der Waals surface area contributed by atoms with Gasteiger partial charge in [-0.25, -0.2) is 15.0 Å². The molecule has 0 saturated heterocycles. The largest absolute Gasteiger partial charge is 0.378 e. The quantitative estimate of drug-likeness (QED) is 0.883. The highest BCUT2D eigenvalue weighted by Gasteiger charge is 2.57. The highest BCUT2D eigenvalue weighted by molar-refractivity contribution is 5.82. The van der Waals surface area contributed by atoms with E-state index in [1.165, 1.54) is 6.33 Å². The van der Waals surface area contributed by atoms with Gasteiger partial charge in [0.15, 0.2) is 11.5 Å². The number of aromatic nitrogens is 4. The first-order valence-corrected chi connectivity index (χ1v) is 6.44. The van der Waals surface area contributed by atoms with E-state index in [4.69, 9.17) is 4.74 Å². The number of aromatic amines is 1. The SMILES string of the molecule is CO[C@@]1(C)C[C@@H](Nc2ncnc3nc[nH]c23)C1(C)C. The first-order valence-electron chi connectivity index (χ1n) is 6.44. The number of hydrogen-bond acceptors (Lipinski definition) is 5. The zero-order valence-corrected chi connectivity index (χ0v) is 11.7. The zero-order chi connectivity index (χ0) is 13.7. The fourth-order valence-electron chi connectivity index (χ4n) is 2.76. The van der Waals surface area contributed by atoms with E-state index in [9.17, 15) is 0 Å². The minimum absolute atomic E-state index is 0.0407. The van der Waals surface area contributed by atoms with Crippen LogP contribution >= 0.6 is 0 Å². The minimum Gasteiger partial charge on any atom is -0.378 e. The van der Waals surface area contributed by atoms with Crippen LogP contribution in [0.1, 0.15) is 27.2 Å². The fraction of sp³-hybridized carbons (Fsp3) is 0.615. The van der Waals surface area contributed by atoms with Crippen LogP contribution in [0.25, 0.3) is 11.2 Å². The second kappa shape index (κ2) is 3.90. The second-order valence-corrected chi connectivity index (χ2v) is 5.88. The Bertz CT molecular complexity index is 608. The molecule has 0 aromatic carbocycles. The number of rotatable bonds is 3. The summed E-state index contributed by atoms with van der Waals surface area (Å²) in [5, 5.41) is 3.48. The van der Waals surface area contributed by atoms with Gasteiger partial charge >= 0.3 is 0 Å². The van der Waals surface area contributed by atoms with Crippen LogP contribution in [0.5, 0.6) is 0 Å². The molecule has 2 aromatic heterocycles. The van der Waals surface area contributed by atoms with Crippen LogP contribution in [0.4, 0.5) is 5.82 Å². The average Bonchev–Trinajstić information content (AvgIpc) is 2.87. The number of H-pyrrole nitrogens is 1. The summed E-state index contributed by atoms with van der Waals surface area (Å²) in [6.45, 7) is 6.57. The maximum atomic E-state index is 5.64. The maximum absolute atomic E-state index is 5.64. The minimum atomic E-state index is -0.0925. The monoisotopic (exact) mass is 261 g/mol. The number of anilines is 1. The average molecular weight is 261 g/mol. The Balaban J connectivity index is 1.86. The normalized spacial score (nSPS) is 29.2. The van der Waals surface area contributed by atoms with Crippen molar-refractivity contribution in [2.24, 2.45) is 5.41 Å². The van der Waals surface area contributed by atoms with Crippen molar-refractivity contribution < 1.29 is 4.74 Å². The van der Waals surface area contributed by atoms with E-state index in [1.54, 1.807) is 13.4 Å². The van der Waals surface area contributed by atoms with Gasteiger partial charge in [-0.3, -0.25) is 0 Å². The molecule has 3 rings (SSSR count). The van der Waals surface area contributed by atoms with E-state index in [1.807, 2.05) is 0 Å². The summed E-state index contributed by atoms with van der Waals surface area (Å²) >= 11 is 0. The fourth-order valence-corrected chi connectivity index (χ4v) is 2.76. The molecule has 1 saturated carbocycles. The molecule has 0 radical (unpaired) electrons. The number of ether oxygens (including phenoxy) is 1. The zero-order valence-electron chi connectivity index (χ0n) is 11.7. The standard InChI is InChI=1S/C13H19N5O/c1-12(2)8(5-13(12,3)19-4)18-11-9-10(15-6-14-9)16-7-17-11/h6-8H,5H2,1-4H3,(H2,14,15,16,17,18)/t8-,13+/m1/s1. The first kappa shape index (κ1) is 12.3. The number of nitrogens with one attached hydrogen (secondary N) is 2. The van der Waals surface area contributed by atoms with E-state index in [0.717, 1.165) is 17.8 Å². The summed E-state index contributed by atoms with van der Waals surface area (Å²) in [6, 6.07) is 0.318. The summed E-state index contributed by atoms with van der Waals surface area (Å²) in [6.07, 6.45) is 4.12. The Morgan fingerprint density at radius 2 is 2.11 bits per heavy atom. The molecule has 19 heavy (non-hydrogen) atoms. The van der Waals surface area contributed by atoms with E-state index in [-0.39, 0.29) is 11.0 Å². The van der Waals surface area contributed by atoms with Crippen molar-refractivity contribution in [2.45, 2.75) is 38.8 Å². The number of hydrogen-bond donors (Lipinski definition) is 2. The van der Waals surface area contributed by atoms with Crippen LogP contribution in [0, 0.1) is 5.41 Å². The molecule has 2 aromatic rings. The van der Waals surface area contributed by atoms with Gasteiger partial charge in [0.1, 0.15) is 11.8 Å². The topological polar surface area (TPSA) is 75.7 Å². The number of methoxy groups -OCH3 is 1. The van der Waals surface area contributed by atoms with Gasteiger partial charge in [-0.2, -0.15) is 0 Å². The summed E-state index contributed by atoms with van der Waals surface area (Å²) in [7, 11) is 1.77. The Hall–Kier alpha value is -1.69. The van der Waals surface area contributed by atoms with Crippen molar-refractivity contribution in [3.8, 4) is 0 Å². The molecular weight excluding hydrogens is 242 g/mol. The smallest absolute Gasteiger partial charge is 0.182 e. The molecule has 2 atom stereocenters. The van der Waals surface area contributed by atoms with Gasteiger partial charge in [0.05, 0.1) is 11.9 Å². The van der Waals surface area contributed by atoms with Gasteiger partial charge in [-0.1, -0.05) is 13.8 Å². The van der Waals surface area contributed by atoms with Gasteiger partial charge in [0.25, 0.3) is 0 Å². The van der Waals surface area contributed by atoms with Crippen molar-refractivity contribution in [3.63, 3.8) is 0 Å². The molecular formula is C13H19N5O. The molecule has 102 valence electrons. The van der Waals surface area contributed by atoms with Crippen LogP contribution in [-0.4, -0.2) is 38.7 Å². The van der Waals surface area contributed by atoms with Gasteiger partial charge in [-0.05, 0) is 13.3 Å². The third-order valence-corrected chi connectivity index (χ3v) is 4.81. The lowest BCUT2D eigenvalue weighted by Crippen LogP contribution is -2.65. The van der Waals surface area contributed by atoms with Crippen LogP contribution in [0.2, 0.25) is 0 Å². The third kappa shape index (κ3) is 1.63. The van der Waals surface area contributed by atoms with Crippen LogP contribution in [0.3, 0.4) is 0 Å². The first-order chi connectivity index (χ1) is 8.98. The Labute approximate surface area is 112 Å². The van der Waals surface area contributed by atoms with Crippen molar-refractivity contribution in [1.29, 1.82) is 0 Å². The molecule has 2 N–H and O–H groups in total. The Morgan fingerprint density at radius 3 is 2.79 bits per heavy atom. The predicted molar refractivity (Wildman–Crippen MR) is 72.9 cm³/mol. The lowest BCUT2D eigenvalue weighted by atomic mass is 9.56. The number of imidazole rings is 1. The molecule has 6 heteroatoms. The Kier molecular flexibility index (Phi) is 2.53. The Morgan fingerprint density at radius 1 is 1.32 bits per heavy atom. The summed E-state index contributed by atoms with van der Waals surface area (Å²) in [4.78, 5) is 15.6. The van der Waals surface area contributed by atoms with Crippen molar-refractivity contribution >= 4 is 17.0 Å². The summed E-state index contributed by atoms with van der Waals surface area (Å²) in [5.41, 5.74) is 1.48. The molecule has 0 spiro atoms. The van der Waals surface area contributed by atoms with Crippen LogP contribution in [-0.2, 0) is 4.74 Å². The number of fused-ring (bicyclic) bond motifs is 1. The van der Waals surface area contributed by atoms with Crippen LogP contribution < -0.4 is 5.32 Å². The van der Waals surface area contributed by atoms with E-state index >= 15 is 0 Å². The van der Waals surface area contributed by atoms with Gasteiger partial charge < -0.3 is 15.0 Å². The lowest BCUT2D eigenvalue weighted by Gasteiger charge is -2.59. The van der Waals surface area contributed by atoms with Crippen LogP contribution in [0.15, 0.2) is 12.7 Å². The molecule has 0 bridgehead atoms. The van der Waals surface area contributed by atoms with Crippen molar-refractivity contribution in [1.82, 2.24) is 19.9 Å².